The van der Waals surface area contributed by atoms with Crippen LogP contribution < -0.4 is 9.80 Å². The summed E-state index contributed by atoms with van der Waals surface area (Å²) in [6.45, 7) is 14.3. The third kappa shape index (κ3) is 6.90. The number of fused-ring (bicyclic) bond motifs is 16. The summed E-state index contributed by atoms with van der Waals surface area (Å²) in [6.07, 6.45) is 0. The van der Waals surface area contributed by atoms with Gasteiger partial charge in [-0.1, -0.05) is 224 Å². The van der Waals surface area contributed by atoms with Crippen LogP contribution >= 0.6 is 0 Å². The van der Waals surface area contributed by atoms with Gasteiger partial charge in [-0.15, -0.1) is 0 Å². The van der Waals surface area contributed by atoms with Crippen molar-refractivity contribution in [2.45, 2.75) is 57.8 Å². The molecule has 18 rings (SSSR count). The van der Waals surface area contributed by atoms with E-state index in [1.807, 2.05) is 0 Å². The minimum absolute atomic E-state index is 0.191. The van der Waals surface area contributed by atoms with Crippen LogP contribution in [0.3, 0.4) is 0 Å². The minimum Gasteiger partial charge on any atom is -0.454 e. The van der Waals surface area contributed by atoms with E-state index in [1.54, 1.807) is 0 Å². The molecule has 13 aromatic carbocycles. The fourth-order valence-corrected chi connectivity index (χ4v) is 16.0. The van der Waals surface area contributed by atoms with Crippen LogP contribution in [0.2, 0.25) is 0 Å². The van der Waals surface area contributed by atoms with Crippen LogP contribution in [0, 0.1) is 0 Å². The number of hydrogen-bond donors (Lipinski definition) is 0. The number of nitrogens with zero attached hydrogens (tertiary/aromatic N) is 2. The molecule has 4 nitrogen and oxygen atoms in total. The molecule has 3 aliphatic rings. The van der Waals surface area contributed by atoms with Crippen LogP contribution in [0.15, 0.2) is 264 Å². The fourth-order valence-electron chi connectivity index (χ4n) is 16.0. The minimum atomic E-state index is -0.423. The molecule has 0 bridgehead atoms. The Morgan fingerprint density at radius 1 is 0.264 bits per heavy atom. The maximum Gasteiger partial charge on any atom is 0.159 e. The topological polar surface area (TPSA) is 32.8 Å². The molecule has 0 radical (unpaired) electrons. The number of furan rings is 2. The maximum absolute atomic E-state index is 6.93. The van der Waals surface area contributed by atoms with Gasteiger partial charge in [0.1, 0.15) is 11.2 Å². The molecule has 0 atom stereocenters. The molecule has 0 spiro atoms. The van der Waals surface area contributed by atoms with Gasteiger partial charge in [-0.2, -0.15) is 0 Å². The van der Waals surface area contributed by atoms with E-state index in [9.17, 15) is 0 Å². The zero-order valence-electron chi connectivity index (χ0n) is 49.5. The molecule has 0 saturated heterocycles. The van der Waals surface area contributed by atoms with E-state index in [4.69, 9.17) is 8.83 Å². The Morgan fingerprint density at radius 2 is 0.667 bits per heavy atom. The second kappa shape index (κ2) is 17.8. The highest BCUT2D eigenvalue weighted by atomic mass is 16.3. The summed E-state index contributed by atoms with van der Waals surface area (Å²) in [6, 6.07) is 94.7. The van der Waals surface area contributed by atoms with Crippen molar-refractivity contribution in [2.24, 2.45) is 0 Å². The monoisotopic (exact) mass is 1120 g/mol. The van der Waals surface area contributed by atoms with Gasteiger partial charge in [0.15, 0.2) is 11.2 Å². The number of para-hydroxylation sites is 4. The Bertz CT molecular complexity index is 5460. The van der Waals surface area contributed by atoms with Crippen molar-refractivity contribution in [3.8, 4) is 44.5 Å². The number of anilines is 6. The standard InChI is InChI=1S/C83H60N2O2/c1-81(2)66-30-14-10-23-54(66)56-41-37-51(46-69(56)81)84(72-33-19-28-62-58-25-12-16-35-74(58)86-79(62)72)50-39-43-61-65(45-50)60-27-18-32-68-77(60)78(76(61)49-21-8-7-9-22-49)64-44-40-53(48-71(64)83(68,5)6)85(73-34-20-29-63-59-26-13-17-36-75(59)87-80(63)73)52-38-42-57-55-24-11-15-31-67(55)82(3,4)70(57)47-52/h7-48H,1-6H3. The van der Waals surface area contributed by atoms with Crippen molar-refractivity contribution < 1.29 is 8.83 Å². The van der Waals surface area contributed by atoms with E-state index in [2.05, 4.69) is 306 Å². The number of benzene rings is 13. The molecular formula is C83H60N2O2. The van der Waals surface area contributed by atoms with Crippen molar-refractivity contribution in [3.05, 3.63) is 288 Å². The van der Waals surface area contributed by atoms with E-state index in [1.165, 1.54) is 99.4 Å². The Balaban J connectivity index is 0.871. The van der Waals surface area contributed by atoms with Gasteiger partial charge in [0.2, 0.25) is 0 Å². The van der Waals surface area contributed by atoms with E-state index >= 15 is 0 Å². The summed E-state index contributed by atoms with van der Waals surface area (Å²) in [5.41, 5.74) is 27.0. The van der Waals surface area contributed by atoms with Crippen molar-refractivity contribution in [1.29, 1.82) is 0 Å². The van der Waals surface area contributed by atoms with Gasteiger partial charge in [-0.05, 0) is 172 Å². The van der Waals surface area contributed by atoms with Crippen molar-refractivity contribution >= 4 is 99.5 Å². The summed E-state index contributed by atoms with van der Waals surface area (Å²) in [5, 5.41) is 9.33. The largest absolute Gasteiger partial charge is 0.454 e. The van der Waals surface area contributed by atoms with Crippen LogP contribution in [-0.4, -0.2) is 0 Å². The molecule has 3 aliphatic carbocycles. The number of hydrogen-bond acceptors (Lipinski definition) is 4. The molecular weight excluding hydrogens is 1060 g/mol. The highest BCUT2D eigenvalue weighted by Crippen LogP contribution is 2.59. The molecule has 414 valence electrons. The average Bonchev–Trinajstić information content (AvgIpc) is 1.61. The van der Waals surface area contributed by atoms with E-state index in [0.29, 0.717) is 0 Å². The molecule has 2 heterocycles. The highest BCUT2D eigenvalue weighted by Gasteiger charge is 2.40. The quantitative estimate of drug-likeness (QED) is 0.149. The fraction of sp³-hybridized carbons (Fsp3) is 0.108. The summed E-state index contributed by atoms with van der Waals surface area (Å²) in [5.74, 6) is 0. The van der Waals surface area contributed by atoms with Crippen LogP contribution in [-0.2, 0) is 16.2 Å². The SMILES string of the molecule is CC1(C)c2ccccc2-c2ccc(N(c3ccc4c(c3)C(C)(C)c3cccc5c3c-4c(-c3ccccc3)c3ccc(N(c4ccc6c(c4)C(C)(C)c4ccccc4-6)c4cccc6c4oc4ccccc46)cc35)c3cccc4c3oc3ccccc34)cc21. The van der Waals surface area contributed by atoms with Gasteiger partial charge in [0.05, 0.1) is 11.4 Å². The molecule has 0 fully saturated rings. The first-order valence-corrected chi connectivity index (χ1v) is 30.6. The maximum atomic E-state index is 6.93. The molecule has 0 N–H and O–H groups in total. The Morgan fingerprint density at radius 3 is 1.23 bits per heavy atom. The first kappa shape index (κ1) is 50.0. The molecule has 2 aromatic heterocycles. The summed E-state index contributed by atoms with van der Waals surface area (Å²) >= 11 is 0. The van der Waals surface area contributed by atoms with Crippen LogP contribution in [0.4, 0.5) is 34.1 Å². The van der Waals surface area contributed by atoms with Crippen LogP contribution in [0.1, 0.15) is 74.9 Å². The summed E-state index contributed by atoms with van der Waals surface area (Å²) in [4.78, 5) is 4.90. The third-order valence-electron chi connectivity index (χ3n) is 20.2. The van der Waals surface area contributed by atoms with E-state index < -0.39 is 5.41 Å². The molecule has 87 heavy (non-hydrogen) atoms. The van der Waals surface area contributed by atoms with Gasteiger partial charge in [0.25, 0.3) is 0 Å². The van der Waals surface area contributed by atoms with Gasteiger partial charge >= 0.3 is 0 Å². The zero-order valence-corrected chi connectivity index (χ0v) is 49.5. The first-order chi connectivity index (χ1) is 42.4. The average molecular weight is 1120 g/mol. The Hall–Kier alpha value is -10.4. The predicted molar refractivity (Wildman–Crippen MR) is 364 cm³/mol. The van der Waals surface area contributed by atoms with Gasteiger partial charge < -0.3 is 18.6 Å². The van der Waals surface area contributed by atoms with Crippen molar-refractivity contribution in [3.63, 3.8) is 0 Å². The van der Waals surface area contributed by atoms with Gasteiger partial charge in [-0.25, -0.2) is 0 Å². The highest BCUT2D eigenvalue weighted by molar-refractivity contribution is 6.25. The van der Waals surface area contributed by atoms with E-state index in [0.717, 1.165) is 78.0 Å². The number of rotatable bonds is 7. The smallest absolute Gasteiger partial charge is 0.159 e. The lowest BCUT2D eigenvalue weighted by molar-refractivity contribution is 0.645. The lowest BCUT2D eigenvalue weighted by Gasteiger charge is -2.38. The molecule has 0 aliphatic heterocycles. The van der Waals surface area contributed by atoms with Crippen LogP contribution in [0.25, 0.3) is 110 Å². The summed E-state index contributed by atoms with van der Waals surface area (Å²) in [7, 11) is 0. The summed E-state index contributed by atoms with van der Waals surface area (Å²) < 4.78 is 13.9. The molecule has 0 unspecified atom stereocenters. The second-order valence-corrected chi connectivity index (χ2v) is 25.9. The Kier molecular flexibility index (Phi) is 10.2. The first-order valence-electron chi connectivity index (χ1n) is 30.6. The molecule has 0 amide bonds. The lowest BCUT2D eigenvalue weighted by atomic mass is 9.66. The van der Waals surface area contributed by atoms with E-state index in [-0.39, 0.29) is 10.8 Å². The van der Waals surface area contributed by atoms with Crippen LogP contribution in [0.5, 0.6) is 0 Å². The zero-order chi connectivity index (χ0) is 58.2. The third-order valence-corrected chi connectivity index (χ3v) is 20.2. The molecule has 4 heteroatoms. The predicted octanol–water partition coefficient (Wildman–Crippen LogP) is 23.3. The van der Waals surface area contributed by atoms with Crippen molar-refractivity contribution in [1.82, 2.24) is 0 Å². The van der Waals surface area contributed by atoms with Gasteiger partial charge in [-0.3, -0.25) is 0 Å². The van der Waals surface area contributed by atoms with Crippen molar-refractivity contribution in [2.75, 3.05) is 9.80 Å². The Labute approximate surface area is 505 Å². The lowest BCUT2D eigenvalue weighted by Crippen LogP contribution is -2.25. The molecule has 0 saturated carbocycles. The second-order valence-electron chi connectivity index (χ2n) is 25.9. The molecule has 15 aromatic rings. The van der Waals surface area contributed by atoms with Gasteiger partial charge in [0, 0.05) is 60.5 Å². The normalized spacial score (nSPS) is 14.6.